The van der Waals surface area contributed by atoms with Crippen LogP contribution >= 0.6 is 0 Å². The Kier molecular flexibility index (Phi) is 2.91. The summed E-state index contributed by atoms with van der Waals surface area (Å²) in [6.07, 6.45) is 4.34. The van der Waals surface area contributed by atoms with Gasteiger partial charge in [0.15, 0.2) is 16.8 Å². The lowest BCUT2D eigenvalue weighted by atomic mass is 9.91. The summed E-state index contributed by atoms with van der Waals surface area (Å²) >= 11 is 0. The van der Waals surface area contributed by atoms with Gasteiger partial charge in [0.25, 0.3) is 0 Å². The summed E-state index contributed by atoms with van der Waals surface area (Å²) in [5, 5.41) is 10.9. The highest BCUT2D eigenvalue weighted by molar-refractivity contribution is 5.98. The molecule has 134 valence electrons. The molecule has 6 rings (SSSR count). The summed E-state index contributed by atoms with van der Waals surface area (Å²) in [7, 11) is 0. The van der Waals surface area contributed by atoms with Crippen LogP contribution in [0.3, 0.4) is 0 Å². The molecular weight excluding hydrogens is 340 g/mol. The van der Waals surface area contributed by atoms with Crippen molar-refractivity contribution in [1.82, 2.24) is 4.98 Å². The molecule has 1 N–H and O–H groups in total. The zero-order chi connectivity index (χ0) is 18.1. The van der Waals surface area contributed by atoms with E-state index in [1.807, 2.05) is 0 Å². The monoisotopic (exact) mass is 358 g/mol. The van der Waals surface area contributed by atoms with Gasteiger partial charge in [0.2, 0.25) is 0 Å². The molecule has 0 unspecified atom stereocenters. The first-order valence-electron chi connectivity index (χ1n) is 9.49. The van der Waals surface area contributed by atoms with Crippen LogP contribution in [0.2, 0.25) is 0 Å². The molecule has 0 fully saturated rings. The molecule has 0 saturated heterocycles. The molecule has 2 aromatic rings. The second-order valence-electron chi connectivity index (χ2n) is 7.57. The highest BCUT2D eigenvalue weighted by Gasteiger charge is 2.28. The summed E-state index contributed by atoms with van der Waals surface area (Å²) in [5.41, 5.74) is 6.10. The first kappa shape index (κ1) is 15.0. The van der Waals surface area contributed by atoms with E-state index in [0.29, 0.717) is 22.2 Å². The summed E-state index contributed by atoms with van der Waals surface area (Å²) in [5.74, 6) is 0.588. The fourth-order valence-corrected chi connectivity index (χ4v) is 4.77. The van der Waals surface area contributed by atoms with Gasteiger partial charge in [-0.05, 0) is 55.5 Å². The smallest absolute Gasteiger partial charge is 0.190 e. The lowest BCUT2D eigenvalue weighted by molar-refractivity contribution is 0.476. The Labute approximate surface area is 155 Å². The standard InChI is InChI=1S/C22H18N2O3/c25-13-5-6-14-16(10-13)18(26)11-19-20(14)23-17-9-12-3-1-7-24-8-2-4-15(21(12)24)22(17)27-19/h5-6,9-11,25H,1-4,7-8H2. The van der Waals surface area contributed by atoms with Crippen molar-refractivity contribution >= 4 is 27.6 Å². The van der Waals surface area contributed by atoms with E-state index < -0.39 is 0 Å². The Morgan fingerprint density at radius 2 is 1.89 bits per heavy atom. The van der Waals surface area contributed by atoms with Gasteiger partial charge in [-0.25, -0.2) is 4.98 Å². The molecule has 0 saturated carbocycles. The molecule has 5 heteroatoms. The zero-order valence-electron chi connectivity index (χ0n) is 14.8. The van der Waals surface area contributed by atoms with E-state index in [4.69, 9.17) is 9.40 Å². The number of nitrogens with zero attached hydrogens (tertiary/aromatic N) is 2. The fourth-order valence-electron chi connectivity index (χ4n) is 4.77. The van der Waals surface area contributed by atoms with Crippen LogP contribution in [-0.2, 0) is 12.8 Å². The molecule has 0 radical (unpaired) electrons. The predicted octanol–water partition coefficient (Wildman–Crippen LogP) is 3.85. The van der Waals surface area contributed by atoms with Crippen molar-refractivity contribution in [2.45, 2.75) is 25.7 Å². The average Bonchev–Trinajstić information content (AvgIpc) is 2.68. The number of aromatic hydroxyl groups is 1. The van der Waals surface area contributed by atoms with E-state index in [1.54, 1.807) is 12.1 Å². The maximum absolute atomic E-state index is 12.5. The van der Waals surface area contributed by atoms with E-state index >= 15 is 0 Å². The van der Waals surface area contributed by atoms with Crippen LogP contribution in [0.5, 0.6) is 5.75 Å². The third-order valence-electron chi connectivity index (χ3n) is 5.92. The fraction of sp³-hybridized carbons (Fsp3) is 0.273. The normalized spacial score (nSPS) is 16.2. The highest BCUT2D eigenvalue weighted by Crippen LogP contribution is 2.41. The quantitative estimate of drug-likeness (QED) is 0.382. The number of rotatable bonds is 0. The van der Waals surface area contributed by atoms with Gasteiger partial charge in [0, 0.05) is 41.2 Å². The maximum Gasteiger partial charge on any atom is 0.190 e. The number of aryl methyl sites for hydroxylation is 2. The van der Waals surface area contributed by atoms with Crippen molar-refractivity contribution in [1.29, 1.82) is 0 Å². The second kappa shape index (κ2) is 5.22. The molecule has 5 nitrogen and oxygen atoms in total. The number of benzene rings is 3. The topological polar surface area (TPSA) is 66.6 Å². The molecule has 2 aromatic carbocycles. The molecule has 3 aliphatic heterocycles. The number of phenols is 1. The van der Waals surface area contributed by atoms with Gasteiger partial charge in [-0.15, -0.1) is 0 Å². The third kappa shape index (κ3) is 2.05. The van der Waals surface area contributed by atoms with Gasteiger partial charge in [0.1, 0.15) is 17.0 Å². The summed E-state index contributed by atoms with van der Waals surface area (Å²) in [4.78, 5) is 19.9. The molecule has 1 aliphatic carbocycles. The van der Waals surface area contributed by atoms with E-state index in [1.165, 1.54) is 35.4 Å². The van der Waals surface area contributed by atoms with Crippen molar-refractivity contribution in [3.63, 3.8) is 0 Å². The molecule has 4 aliphatic rings. The van der Waals surface area contributed by atoms with Gasteiger partial charge >= 0.3 is 0 Å². The number of fused-ring (bicyclic) bond motifs is 5. The Morgan fingerprint density at radius 3 is 2.78 bits per heavy atom. The van der Waals surface area contributed by atoms with Crippen LogP contribution in [0.4, 0.5) is 5.69 Å². The van der Waals surface area contributed by atoms with Gasteiger partial charge in [0.05, 0.1) is 0 Å². The van der Waals surface area contributed by atoms with Crippen LogP contribution in [0.1, 0.15) is 24.0 Å². The van der Waals surface area contributed by atoms with Crippen LogP contribution in [0.15, 0.2) is 39.5 Å². The van der Waals surface area contributed by atoms with Crippen molar-refractivity contribution in [3.05, 3.63) is 51.7 Å². The Balaban J connectivity index is 1.75. The van der Waals surface area contributed by atoms with Gasteiger partial charge in [-0.2, -0.15) is 0 Å². The minimum atomic E-state index is -0.161. The first-order valence-corrected chi connectivity index (χ1v) is 9.49. The van der Waals surface area contributed by atoms with Crippen molar-refractivity contribution in [2.24, 2.45) is 0 Å². The van der Waals surface area contributed by atoms with Crippen molar-refractivity contribution in [3.8, 4) is 17.2 Å². The van der Waals surface area contributed by atoms with Gasteiger partial charge in [-0.3, -0.25) is 4.79 Å². The molecule has 0 spiro atoms. The Bertz CT molecular complexity index is 1270. The molecule has 0 amide bonds. The SMILES string of the molecule is O=c1cc2oc3c4c5c(cc3nc-2c2ccc(O)cc12)CCCN5CCC4. The number of aromatic nitrogens is 1. The molecular formula is C22H18N2O3. The summed E-state index contributed by atoms with van der Waals surface area (Å²) < 4.78 is 6.28. The van der Waals surface area contributed by atoms with Crippen LogP contribution in [0, 0.1) is 0 Å². The molecule has 0 bridgehead atoms. The molecule has 27 heavy (non-hydrogen) atoms. The number of hydrogen-bond acceptors (Lipinski definition) is 5. The number of anilines is 1. The van der Waals surface area contributed by atoms with E-state index in [2.05, 4.69) is 11.0 Å². The van der Waals surface area contributed by atoms with Crippen molar-refractivity contribution in [2.75, 3.05) is 18.0 Å². The molecule has 3 heterocycles. The van der Waals surface area contributed by atoms with Gasteiger partial charge < -0.3 is 14.4 Å². The Hall–Kier alpha value is -3.08. The average molecular weight is 358 g/mol. The largest absolute Gasteiger partial charge is 0.508 e. The highest BCUT2D eigenvalue weighted by atomic mass is 16.3. The number of hydrogen-bond donors (Lipinski definition) is 1. The minimum absolute atomic E-state index is 0.0790. The predicted molar refractivity (Wildman–Crippen MR) is 105 cm³/mol. The van der Waals surface area contributed by atoms with Gasteiger partial charge in [-0.1, -0.05) is 0 Å². The summed E-state index contributed by atoms with van der Waals surface area (Å²) in [6.45, 7) is 2.21. The van der Waals surface area contributed by atoms with Crippen LogP contribution in [0.25, 0.3) is 33.3 Å². The molecule has 0 aromatic heterocycles. The van der Waals surface area contributed by atoms with Crippen molar-refractivity contribution < 1.29 is 9.52 Å². The minimum Gasteiger partial charge on any atom is -0.508 e. The summed E-state index contributed by atoms with van der Waals surface area (Å²) in [6, 6.07) is 8.48. The third-order valence-corrected chi connectivity index (χ3v) is 5.92. The zero-order valence-corrected chi connectivity index (χ0v) is 14.8. The van der Waals surface area contributed by atoms with E-state index in [0.717, 1.165) is 43.5 Å². The van der Waals surface area contributed by atoms with Crippen LogP contribution in [-0.4, -0.2) is 23.2 Å². The number of phenolic OH excluding ortho intramolecular Hbond substituents is 1. The second-order valence-corrected chi connectivity index (χ2v) is 7.57. The Morgan fingerprint density at radius 1 is 1.04 bits per heavy atom. The lowest BCUT2D eigenvalue weighted by Crippen LogP contribution is -2.34. The van der Waals surface area contributed by atoms with E-state index in [-0.39, 0.29) is 11.2 Å². The lowest BCUT2D eigenvalue weighted by Gasteiger charge is -2.37. The maximum atomic E-state index is 12.5. The van der Waals surface area contributed by atoms with E-state index in [9.17, 15) is 9.90 Å². The van der Waals surface area contributed by atoms with Crippen LogP contribution < -0.4 is 10.3 Å². The molecule has 0 atom stereocenters. The first-order chi connectivity index (χ1) is 13.2.